The van der Waals surface area contributed by atoms with Gasteiger partial charge in [-0.2, -0.15) is 0 Å². The number of aliphatic imine (C=N–C) groups is 1. The lowest BCUT2D eigenvalue weighted by Gasteiger charge is -2.12. The quantitative estimate of drug-likeness (QED) is 0.283. The number of anilines is 1. The van der Waals surface area contributed by atoms with Gasteiger partial charge in [0.05, 0.1) is 19.8 Å². The minimum atomic E-state index is 0.0471. The van der Waals surface area contributed by atoms with Crippen LogP contribution in [0.1, 0.15) is 45.1 Å². The van der Waals surface area contributed by atoms with E-state index in [2.05, 4.69) is 20.9 Å². The van der Waals surface area contributed by atoms with Crippen LogP contribution in [0.4, 0.5) is 5.69 Å². The van der Waals surface area contributed by atoms with Crippen molar-refractivity contribution in [3.8, 4) is 0 Å². The Morgan fingerprint density at radius 3 is 2.97 bits per heavy atom. The maximum Gasteiger partial charge on any atom is 0.224 e. The summed E-state index contributed by atoms with van der Waals surface area (Å²) in [5.74, 6) is 1.40. The number of ether oxygens (including phenoxy) is 2. The molecule has 1 unspecified atom stereocenters. The maximum atomic E-state index is 11.8. The number of guanidine groups is 1. The fourth-order valence-electron chi connectivity index (χ4n) is 3.06. The van der Waals surface area contributed by atoms with E-state index in [1.165, 1.54) is 0 Å². The fraction of sp³-hybridized carbons (Fsp3) is 0.636. The number of hydrogen-bond acceptors (Lipinski definition) is 4. The molecule has 7 heteroatoms. The Hall–Kier alpha value is -2.12. The largest absolute Gasteiger partial charge is 0.381 e. The van der Waals surface area contributed by atoms with Crippen LogP contribution in [-0.2, 0) is 20.8 Å². The average molecular weight is 405 g/mol. The predicted molar refractivity (Wildman–Crippen MR) is 117 cm³/mol. The molecule has 2 rings (SSSR count). The molecule has 1 amide bonds. The van der Waals surface area contributed by atoms with Gasteiger partial charge in [-0.15, -0.1) is 0 Å². The van der Waals surface area contributed by atoms with Gasteiger partial charge in [0, 0.05) is 44.3 Å². The summed E-state index contributed by atoms with van der Waals surface area (Å²) >= 11 is 0. The molecule has 1 saturated heterocycles. The van der Waals surface area contributed by atoms with Crippen molar-refractivity contribution in [2.24, 2.45) is 10.9 Å². The molecule has 0 saturated carbocycles. The van der Waals surface area contributed by atoms with Crippen LogP contribution < -0.4 is 16.0 Å². The highest BCUT2D eigenvalue weighted by molar-refractivity contribution is 5.90. The highest BCUT2D eigenvalue weighted by Crippen LogP contribution is 2.13. The molecule has 1 aliphatic heterocycles. The molecular formula is C22H36N4O3. The van der Waals surface area contributed by atoms with Gasteiger partial charge in [-0.05, 0) is 43.9 Å². The van der Waals surface area contributed by atoms with E-state index in [9.17, 15) is 4.79 Å². The molecule has 1 fully saturated rings. The molecule has 1 heterocycles. The van der Waals surface area contributed by atoms with E-state index in [0.29, 0.717) is 18.9 Å². The summed E-state index contributed by atoms with van der Waals surface area (Å²) in [7, 11) is 0. The molecule has 0 aromatic heterocycles. The summed E-state index contributed by atoms with van der Waals surface area (Å²) in [6, 6.07) is 7.84. The van der Waals surface area contributed by atoms with Crippen LogP contribution in [0.2, 0.25) is 0 Å². The molecular weight excluding hydrogens is 368 g/mol. The predicted octanol–water partition coefficient (Wildman–Crippen LogP) is 2.92. The highest BCUT2D eigenvalue weighted by atomic mass is 16.5. The molecule has 162 valence electrons. The maximum absolute atomic E-state index is 11.8. The van der Waals surface area contributed by atoms with Gasteiger partial charge in [0.1, 0.15) is 0 Å². The van der Waals surface area contributed by atoms with Crippen molar-refractivity contribution < 1.29 is 14.3 Å². The Labute approximate surface area is 174 Å². The van der Waals surface area contributed by atoms with Crippen molar-refractivity contribution in [1.29, 1.82) is 0 Å². The van der Waals surface area contributed by atoms with Gasteiger partial charge in [0.25, 0.3) is 0 Å². The number of amides is 1. The zero-order valence-corrected chi connectivity index (χ0v) is 17.8. The van der Waals surface area contributed by atoms with Gasteiger partial charge < -0.3 is 25.4 Å². The van der Waals surface area contributed by atoms with Crippen LogP contribution in [0.3, 0.4) is 0 Å². The molecule has 0 spiro atoms. The van der Waals surface area contributed by atoms with E-state index in [1.807, 2.05) is 38.1 Å². The van der Waals surface area contributed by atoms with Gasteiger partial charge in [-0.3, -0.25) is 4.79 Å². The van der Waals surface area contributed by atoms with E-state index >= 15 is 0 Å². The molecule has 1 atom stereocenters. The van der Waals surface area contributed by atoms with E-state index in [1.54, 1.807) is 0 Å². The number of carbonyl (C=O) groups excluding carboxylic acids is 1. The van der Waals surface area contributed by atoms with E-state index in [0.717, 1.165) is 76.0 Å². The van der Waals surface area contributed by atoms with Crippen molar-refractivity contribution >= 4 is 17.6 Å². The number of benzene rings is 1. The Balaban J connectivity index is 1.72. The molecule has 3 N–H and O–H groups in total. The molecule has 0 aliphatic carbocycles. The van der Waals surface area contributed by atoms with Crippen LogP contribution >= 0.6 is 0 Å². The monoisotopic (exact) mass is 404 g/mol. The van der Waals surface area contributed by atoms with Crippen molar-refractivity contribution in [2.75, 3.05) is 44.8 Å². The molecule has 1 aromatic rings. The first-order chi connectivity index (χ1) is 14.2. The topological polar surface area (TPSA) is 84.0 Å². The highest BCUT2D eigenvalue weighted by Gasteiger charge is 2.15. The smallest absolute Gasteiger partial charge is 0.224 e. The van der Waals surface area contributed by atoms with Gasteiger partial charge in [-0.1, -0.05) is 19.1 Å². The Bertz CT molecular complexity index is 630. The lowest BCUT2D eigenvalue weighted by Crippen LogP contribution is -2.38. The fourth-order valence-corrected chi connectivity index (χ4v) is 3.06. The minimum absolute atomic E-state index is 0.0471. The van der Waals surface area contributed by atoms with Crippen LogP contribution in [0.25, 0.3) is 0 Å². The first kappa shape index (κ1) is 23.2. The number of nitrogens with zero attached hydrogens (tertiary/aromatic N) is 1. The van der Waals surface area contributed by atoms with E-state index in [4.69, 9.17) is 9.47 Å². The number of carbonyl (C=O) groups is 1. The average Bonchev–Trinajstić information content (AvgIpc) is 3.22. The second-order valence-electron chi connectivity index (χ2n) is 7.28. The molecule has 29 heavy (non-hydrogen) atoms. The van der Waals surface area contributed by atoms with Crippen molar-refractivity contribution in [2.45, 2.75) is 46.1 Å². The lowest BCUT2D eigenvalue weighted by atomic mass is 10.1. The summed E-state index contributed by atoms with van der Waals surface area (Å²) in [6.45, 7) is 9.43. The van der Waals surface area contributed by atoms with Crippen molar-refractivity contribution in [3.05, 3.63) is 29.8 Å². The van der Waals surface area contributed by atoms with E-state index in [-0.39, 0.29) is 5.91 Å². The molecule has 0 radical (unpaired) electrons. The number of hydrogen-bond donors (Lipinski definition) is 3. The zero-order valence-electron chi connectivity index (χ0n) is 17.8. The van der Waals surface area contributed by atoms with Gasteiger partial charge in [-0.25, -0.2) is 4.99 Å². The number of nitrogens with one attached hydrogen (secondary N) is 3. The Morgan fingerprint density at radius 1 is 1.31 bits per heavy atom. The minimum Gasteiger partial charge on any atom is -0.381 e. The Morgan fingerprint density at radius 2 is 2.21 bits per heavy atom. The third kappa shape index (κ3) is 9.76. The standard InChI is InChI=1S/C22H36N4O3/c1-3-7-21(27)26-20-9-5-8-18(14-20)15-25-22(23-4-2)24-11-6-12-28-16-19-10-13-29-17-19/h5,8-9,14,19H,3-4,6-7,10-13,15-17H2,1-2H3,(H,26,27)(H2,23,24,25). The van der Waals surface area contributed by atoms with Crippen LogP contribution in [-0.4, -0.2) is 51.4 Å². The van der Waals surface area contributed by atoms with Crippen molar-refractivity contribution in [3.63, 3.8) is 0 Å². The van der Waals surface area contributed by atoms with Crippen LogP contribution in [0.5, 0.6) is 0 Å². The molecule has 7 nitrogen and oxygen atoms in total. The third-order valence-corrected chi connectivity index (χ3v) is 4.59. The van der Waals surface area contributed by atoms with Crippen molar-refractivity contribution in [1.82, 2.24) is 10.6 Å². The van der Waals surface area contributed by atoms with E-state index < -0.39 is 0 Å². The van der Waals surface area contributed by atoms with Crippen LogP contribution in [0, 0.1) is 5.92 Å². The Kier molecular flexibility index (Phi) is 11.1. The summed E-state index contributed by atoms with van der Waals surface area (Å²) < 4.78 is 11.1. The SMILES string of the molecule is CCCC(=O)Nc1cccc(CN=C(NCC)NCCCOCC2CCOC2)c1. The van der Waals surface area contributed by atoms with Crippen LogP contribution in [0.15, 0.2) is 29.3 Å². The van der Waals surface area contributed by atoms with Gasteiger partial charge in [0.2, 0.25) is 5.91 Å². The third-order valence-electron chi connectivity index (χ3n) is 4.59. The first-order valence-electron chi connectivity index (χ1n) is 10.8. The number of rotatable bonds is 12. The molecule has 1 aliphatic rings. The van der Waals surface area contributed by atoms with Gasteiger partial charge in [0.15, 0.2) is 5.96 Å². The zero-order chi connectivity index (χ0) is 20.7. The first-order valence-corrected chi connectivity index (χ1v) is 10.8. The molecule has 1 aromatic carbocycles. The second-order valence-corrected chi connectivity index (χ2v) is 7.28. The lowest BCUT2D eigenvalue weighted by molar-refractivity contribution is -0.116. The summed E-state index contributed by atoms with van der Waals surface area (Å²) in [6.07, 6.45) is 3.42. The summed E-state index contributed by atoms with van der Waals surface area (Å²) in [5, 5.41) is 9.54. The summed E-state index contributed by atoms with van der Waals surface area (Å²) in [5.41, 5.74) is 1.87. The van der Waals surface area contributed by atoms with Gasteiger partial charge >= 0.3 is 0 Å². The summed E-state index contributed by atoms with van der Waals surface area (Å²) in [4.78, 5) is 16.4. The second kappa shape index (κ2) is 14.0. The normalized spacial score (nSPS) is 16.6. The molecule has 0 bridgehead atoms.